The predicted molar refractivity (Wildman–Crippen MR) is 90.2 cm³/mol. The lowest BCUT2D eigenvalue weighted by atomic mass is 10.0. The van der Waals surface area contributed by atoms with E-state index in [0.717, 1.165) is 23.5 Å². The highest BCUT2D eigenvalue weighted by Gasteiger charge is 2.24. The number of thioether (sulfide) groups is 1. The normalized spacial score (nSPS) is 16.6. The molecule has 3 nitrogen and oxygen atoms in total. The van der Waals surface area contributed by atoms with E-state index in [0.29, 0.717) is 11.1 Å². The highest BCUT2D eigenvalue weighted by atomic mass is 32.2. The van der Waals surface area contributed by atoms with Gasteiger partial charge in [0, 0.05) is 17.0 Å². The van der Waals surface area contributed by atoms with Crippen molar-refractivity contribution >= 4 is 23.7 Å². The Balaban J connectivity index is 1.94. The van der Waals surface area contributed by atoms with Gasteiger partial charge in [0.15, 0.2) is 0 Å². The number of nitrogens with zero attached hydrogens (tertiary/aromatic N) is 1. The molecule has 112 valence electrons. The van der Waals surface area contributed by atoms with Gasteiger partial charge in [0.25, 0.3) is 0 Å². The first-order valence-corrected chi connectivity index (χ1v) is 8.04. The van der Waals surface area contributed by atoms with Crippen LogP contribution in [-0.4, -0.2) is 17.9 Å². The summed E-state index contributed by atoms with van der Waals surface area (Å²) in [4.78, 5) is 14.5. The first-order valence-electron chi connectivity index (χ1n) is 7.23. The van der Waals surface area contributed by atoms with Crippen molar-refractivity contribution in [3.63, 3.8) is 0 Å². The summed E-state index contributed by atoms with van der Waals surface area (Å²) in [5, 5.41) is 11.5. The van der Waals surface area contributed by atoms with Gasteiger partial charge in [-0.3, -0.25) is 4.79 Å². The van der Waals surface area contributed by atoms with Gasteiger partial charge >= 0.3 is 0 Å². The second kappa shape index (κ2) is 6.38. The molecule has 0 saturated heterocycles. The van der Waals surface area contributed by atoms with Crippen molar-refractivity contribution in [2.45, 2.75) is 17.9 Å². The molecule has 1 N–H and O–H groups in total. The zero-order valence-corrected chi connectivity index (χ0v) is 13.1. The molecule has 0 aromatic heterocycles. The van der Waals surface area contributed by atoms with Crippen LogP contribution in [0.25, 0.3) is 0 Å². The number of carbonyl (C=O) groups is 1. The summed E-state index contributed by atoms with van der Waals surface area (Å²) in [6.07, 6.45) is 1.80. The van der Waals surface area contributed by atoms with Crippen molar-refractivity contribution in [2.24, 2.45) is 0 Å². The molecule has 0 spiro atoms. The van der Waals surface area contributed by atoms with Gasteiger partial charge in [-0.05, 0) is 30.7 Å². The van der Waals surface area contributed by atoms with Crippen molar-refractivity contribution in [1.29, 1.82) is 0 Å². The highest BCUT2D eigenvalue weighted by Crippen LogP contribution is 2.46. The maximum absolute atomic E-state index is 11.1. The molecule has 1 heterocycles. The maximum Gasteiger partial charge on any atom is 0.150 e. The van der Waals surface area contributed by atoms with Crippen LogP contribution in [0.5, 0.6) is 0 Å². The average Bonchev–Trinajstić information content (AvgIpc) is 2.91. The lowest BCUT2D eigenvalue weighted by Crippen LogP contribution is -2.17. The van der Waals surface area contributed by atoms with Crippen molar-refractivity contribution in [2.75, 3.05) is 11.4 Å². The molecule has 22 heavy (non-hydrogen) atoms. The molecule has 1 aliphatic rings. The molecule has 0 aliphatic carbocycles. The van der Waals surface area contributed by atoms with E-state index in [4.69, 9.17) is 0 Å². The molecule has 0 bridgehead atoms. The third kappa shape index (κ3) is 2.67. The van der Waals surface area contributed by atoms with Crippen LogP contribution >= 0.6 is 11.8 Å². The zero-order chi connectivity index (χ0) is 15.5. The van der Waals surface area contributed by atoms with Crippen LogP contribution in [-0.2, 0) is 0 Å². The lowest BCUT2D eigenvalue weighted by Gasteiger charge is -2.19. The number of hydrogen-bond acceptors (Lipinski definition) is 4. The molecular weight excluding hydrogens is 294 g/mol. The Bertz CT molecular complexity index is 727. The number of carbonyl (C=O) groups excluding carboxylic acids is 1. The Labute approximate surface area is 134 Å². The third-order valence-electron chi connectivity index (χ3n) is 3.69. The van der Waals surface area contributed by atoms with Crippen LogP contribution in [0.3, 0.4) is 0 Å². The van der Waals surface area contributed by atoms with Crippen LogP contribution in [0.1, 0.15) is 28.9 Å². The minimum Gasteiger partial charge on any atom is -0.384 e. The van der Waals surface area contributed by atoms with Crippen LogP contribution in [0, 0.1) is 0 Å². The minimum absolute atomic E-state index is 0.524. The Morgan fingerprint density at radius 3 is 2.68 bits per heavy atom. The third-order valence-corrected chi connectivity index (χ3v) is 4.83. The molecule has 0 amide bonds. The van der Waals surface area contributed by atoms with Gasteiger partial charge in [-0.1, -0.05) is 48.2 Å². The summed E-state index contributed by atoms with van der Waals surface area (Å²) in [6, 6.07) is 15.3. The Hall–Kier alpha value is -2.04. The van der Waals surface area contributed by atoms with Crippen molar-refractivity contribution in [1.82, 2.24) is 0 Å². The number of fused-ring (bicyclic) bond motifs is 1. The van der Waals surface area contributed by atoms with E-state index in [9.17, 15) is 9.90 Å². The van der Waals surface area contributed by atoms with Gasteiger partial charge in [-0.25, -0.2) is 0 Å². The summed E-state index contributed by atoms with van der Waals surface area (Å²) in [6.45, 7) is 2.92. The van der Waals surface area contributed by atoms with Crippen LogP contribution in [0.4, 0.5) is 5.69 Å². The first kappa shape index (κ1) is 14.9. The van der Waals surface area contributed by atoms with E-state index in [1.165, 1.54) is 4.90 Å². The molecule has 1 aliphatic heterocycles. The number of aliphatic hydroxyl groups is 1. The largest absolute Gasteiger partial charge is 0.384 e. The fourth-order valence-corrected chi connectivity index (χ4v) is 3.80. The van der Waals surface area contributed by atoms with E-state index < -0.39 is 6.10 Å². The molecule has 1 unspecified atom stereocenters. The molecule has 0 radical (unpaired) electrons. The van der Waals surface area contributed by atoms with Gasteiger partial charge in [-0.15, -0.1) is 0 Å². The fourth-order valence-electron chi connectivity index (χ4n) is 2.62. The van der Waals surface area contributed by atoms with Crippen LogP contribution in [0.2, 0.25) is 0 Å². The van der Waals surface area contributed by atoms with E-state index in [1.54, 1.807) is 30.0 Å². The van der Waals surface area contributed by atoms with Gasteiger partial charge < -0.3 is 10.0 Å². The molecule has 0 fully saturated rings. The van der Waals surface area contributed by atoms with Crippen LogP contribution in [0.15, 0.2) is 64.5 Å². The summed E-state index contributed by atoms with van der Waals surface area (Å²) >= 11 is 1.64. The van der Waals surface area contributed by atoms with Crippen molar-refractivity contribution in [3.8, 4) is 0 Å². The maximum atomic E-state index is 11.1. The molecule has 4 heteroatoms. The number of anilines is 1. The quantitative estimate of drug-likeness (QED) is 0.866. The Morgan fingerprint density at radius 2 is 1.91 bits per heavy atom. The standard InChI is InChI=1S/C18H17NO2S/c1-2-19-15-9-5-6-10-17(15)22-18(19)11-16(21)14-8-4-3-7-13(14)12-20/h3-12,16,21H,2H2,1H3/b18-11+. The monoisotopic (exact) mass is 311 g/mol. The number of para-hydroxylation sites is 1. The van der Waals surface area contributed by atoms with E-state index >= 15 is 0 Å². The van der Waals surface area contributed by atoms with Crippen molar-refractivity contribution in [3.05, 3.63) is 70.8 Å². The van der Waals surface area contributed by atoms with E-state index in [-0.39, 0.29) is 0 Å². The summed E-state index contributed by atoms with van der Waals surface area (Å²) in [5.41, 5.74) is 2.32. The summed E-state index contributed by atoms with van der Waals surface area (Å²) < 4.78 is 0. The number of benzene rings is 2. The molecular formula is C18H17NO2S. The van der Waals surface area contributed by atoms with Gasteiger partial charge in [0.2, 0.25) is 0 Å². The second-order valence-corrected chi connectivity index (χ2v) is 6.07. The van der Waals surface area contributed by atoms with Gasteiger partial charge in [0.1, 0.15) is 12.4 Å². The second-order valence-electron chi connectivity index (χ2n) is 5.01. The molecule has 0 saturated carbocycles. The lowest BCUT2D eigenvalue weighted by molar-refractivity contribution is 0.111. The molecule has 3 rings (SSSR count). The summed E-state index contributed by atoms with van der Waals surface area (Å²) in [5.74, 6) is 0. The smallest absolute Gasteiger partial charge is 0.150 e. The van der Waals surface area contributed by atoms with Gasteiger partial charge in [0.05, 0.1) is 10.7 Å². The number of aliphatic hydroxyl groups excluding tert-OH is 1. The highest BCUT2D eigenvalue weighted by molar-refractivity contribution is 8.03. The molecule has 1 atom stereocenters. The topological polar surface area (TPSA) is 40.5 Å². The van der Waals surface area contributed by atoms with E-state index in [2.05, 4.69) is 24.0 Å². The number of rotatable bonds is 4. The Morgan fingerprint density at radius 1 is 1.18 bits per heavy atom. The minimum atomic E-state index is -0.799. The van der Waals surface area contributed by atoms with Gasteiger partial charge in [-0.2, -0.15) is 0 Å². The molecule has 2 aromatic rings. The van der Waals surface area contributed by atoms with Crippen LogP contribution < -0.4 is 4.90 Å². The predicted octanol–water partition coefficient (Wildman–Crippen LogP) is 4.01. The number of hydrogen-bond donors (Lipinski definition) is 1. The fraction of sp³-hybridized carbons (Fsp3) is 0.167. The van der Waals surface area contributed by atoms with E-state index in [1.807, 2.05) is 24.3 Å². The Kier molecular flexibility index (Phi) is 4.32. The summed E-state index contributed by atoms with van der Waals surface area (Å²) in [7, 11) is 0. The number of aldehydes is 1. The SMILES string of the molecule is CCN1/C(=C\C(O)c2ccccc2C=O)Sc2ccccc21. The zero-order valence-electron chi connectivity index (χ0n) is 12.3. The average molecular weight is 311 g/mol. The van der Waals surface area contributed by atoms with Crippen molar-refractivity contribution < 1.29 is 9.90 Å². The molecule has 2 aromatic carbocycles. The first-order chi connectivity index (χ1) is 10.7.